The predicted octanol–water partition coefficient (Wildman–Crippen LogP) is 4.61. The summed E-state index contributed by atoms with van der Waals surface area (Å²) in [6.45, 7) is 8.10. The summed E-state index contributed by atoms with van der Waals surface area (Å²) in [6.07, 6.45) is 6.79. The van der Waals surface area contributed by atoms with Crippen LogP contribution in [0.4, 0.5) is 0 Å². The summed E-state index contributed by atoms with van der Waals surface area (Å²) in [4.78, 5) is 1.55. The largest absolute Gasteiger partial charge is 0.309 e. The molecule has 1 saturated carbocycles. The normalized spacial score (nSPS) is 24.7. The maximum atomic E-state index is 3.84. The van der Waals surface area contributed by atoms with E-state index in [2.05, 4.69) is 37.5 Å². The van der Waals surface area contributed by atoms with Crippen LogP contribution in [0.15, 0.2) is 11.4 Å². The lowest BCUT2D eigenvalue weighted by Crippen LogP contribution is -2.40. The SMILES string of the molecule is CCc1ccsc1CNC1CCCCC1C(C)C. The summed E-state index contributed by atoms with van der Waals surface area (Å²) in [5.74, 6) is 1.69. The van der Waals surface area contributed by atoms with Gasteiger partial charge in [0, 0.05) is 17.5 Å². The second-order valence-electron chi connectivity index (χ2n) is 5.90. The highest BCUT2D eigenvalue weighted by atomic mass is 32.1. The molecule has 1 aromatic heterocycles. The van der Waals surface area contributed by atoms with Crippen LogP contribution < -0.4 is 5.32 Å². The standard InChI is InChI=1S/C16H27NS/c1-4-13-9-10-18-16(13)11-17-15-8-6-5-7-14(15)12(2)3/h9-10,12,14-15,17H,4-8,11H2,1-3H3. The molecule has 2 heteroatoms. The minimum Gasteiger partial charge on any atom is -0.309 e. The molecule has 2 unspecified atom stereocenters. The van der Waals surface area contributed by atoms with E-state index in [4.69, 9.17) is 0 Å². The van der Waals surface area contributed by atoms with Crippen LogP contribution in [0.25, 0.3) is 0 Å². The smallest absolute Gasteiger partial charge is 0.0305 e. The third-order valence-corrected chi connectivity index (χ3v) is 5.38. The Labute approximate surface area is 116 Å². The van der Waals surface area contributed by atoms with Gasteiger partial charge in [-0.2, -0.15) is 0 Å². The van der Waals surface area contributed by atoms with Crippen molar-refractivity contribution in [1.82, 2.24) is 5.32 Å². The van der Waals surface area contributed by atoms with Crippen molar-refractivity contribution in [3.63, 3.8) is 0 Å². The van der Waals surface area contributed by atoms with E-state index < -0.39 is 0 Å². The topological polar surface area (TPSA) is 12.0 Å². The lowest BCUT2D eigenvalue weighted by atomic mass is 9.78. The minimum atomic E-state index is 0.741. The summed E-state index contributed by atoms with van der Waals surface area (Å²) in [5, 5.41) is 6.07. The van der Waals surface area contributed by atoms with Gasteiger partial charge in [0.15, 0.2) is 0 Å². The zero-order valence-electron chi connectivity index (χ0n) is 12.0. The average molecular weight is 265 g/mol. The van der Waals surface area contributed by atoms with Gasteiger partial charge in [-0.25, -0.2) is 0 Å². The maximum absolute atomic E-state index is 3.84. The Balaban J connectivity index is 1.91. The van der Waals surface area contributed by atoms with Crippen molar-refractivity contribution < 1.29 is 0 Å². The van der Waals surface area contributed by atoms with Gasteiger partial charge in [-0.3, -0.25) is 0 Å². The molecule has 0 aromatic carbocycles. The molecular formula is C16H27NS. The first-order valence-electron chi connectivity index (χ1n) is 7.51. The van der Waals surface area contributed by atoms with E-state index in [1.165, 1.54) is 37.7 Å². The minimum absolute atomic E-state index is 0.741. The highest BCUT2D eigenvalue weighted by Gasteiger charge is 2.27. The quantitative estimate of drug-likeness (QED) is 0.819. The van der Waals surface area contributed by atoms with Gasteiger partial charge in [-0.05, 0) is 48.1 Å². The van der Waals surface area contributed by atoms with E-state index in [0.717, 1.165) is 24.4 Å². The number of hydrogen-bond acceptors (Lipinski definition) is 2. The molecule has 1 aliphatic carbocycles. The molecule has 0 saturated heterocycles. The van der Waals surface area contributed by atoms with E-state index in [-0.39, 0.29) is 0 Å². The number of thiophene rings is 1. The van der Waals surface area contributed by atoms with Crippen molar-refractivity contribution in [2.45, 2.75) is 65.5 Å². The van der Waals surface area contributed by atoms with E-state index >= 15 is 0 Å². The average Bonchev–Trinajstić information content (AvgIpc) is 2.84. The fraction of sp³-hybridized carbons (Fsp3) is 0.750. The molecule has 2 rings (SSSR count). The molecule has 1 nitrogen and oxygen atoms in total. The molecule has 1 fully saturated rings. The summed E-state index contributed by atoms with van der Waals surface area (Å²) >= 11 is 1.91. The van der Waals surface area contributed by atoms with Crippen LogP contribution in [-0.2, 0) is 13.0 Å². The van der Waals surface area contributed by atoms with Gasteiger partial charge in [-0.15, -0.1) is 11.3 Å². The first-order valence-corrected chi connectivity index (χ1v) is 8.39. The molecule has 1 N–H and O–H groups in total. The number of rotatable bonds is 5. The second kappa shape index (κ2) is 6.72. The maximum Gasteiger partial charge on any atom is 0.0305 e. The van der Waals surface area contributed by atoms with Crippen molar-refractivity contribution in [2.75, 3.05) is 0 Å². The van der Waals surface area contributed by atoms with E-state index in [0.29, 0.717) is 0 Å². The van der Waals surface area contributed by atoms with E-state index in [1.54, 1.807) is 4.88 Å². The third-order valence-electron chi connectivity index (χ3n) is 4.42. The Morgan fingerprint density at radius 2 is 2.11 bits per heavy atom. The van der Waals surface area contributed by atoms with Crippen LogP contribution in [0.3, 0.4) is 0 Å². The molecule has 1 heterocycles. The van der Waals surface area contributed by atoms with Crippen LogP contribution >= 0.6 is 11.3 Å². The van der Waals surface area contributed by atoms with Crippen LogP contribution in [0.2, 0.25) is 0 Å². The van der Waals surface area contributed by atoms with Gasteiger partial charge < -0.3 is 5.32 Å². The van der Waals surface area contributed by atoms with Gasteiger partial charge >= 0.3 is 0 Å². The van der Waals surface area contributed by atoms with Gasteiger partial charge in [0.2, 0.25) is 0 Å². The monoisotopic (exact) mass is 265 g/mol. The Kier molecular flexibility index (Phi) is 5.25. The van der Waals surface area contributed by atoms with E-state index in [9.17, 15) is 0 Å². The molecule has 1 aliphatic rings. The van der Waals surface area contributed by atoms with Gasteiger partial charge in [0.05, 0.1) is 0 Å². The molecule has 0 amide bonds. The predicted molar refractivity (Wildman–Crippen MR) is 81.1 cm³/mol. The van der Waals surface area contributed by atoms with Crippen molar-refractivity contribution >= 4 is 11.3 Å². The van der Waals surface area contributed by atoms with Gasteiger partial charge in [0.25, 0.3) is 0 Å². The van der Waals surface area contributed by atoms with Crippen LogP contribution in [-0.4, -0.2) is 6.04 Å². The van der Waals surface area contributed by atoms with Crippen LogP contribution in [0, 0.1) is 11.8 Å². The highest BCUT2D eigenvalue weighted by molar-refractivity contribution is 7.10. The van der Waals surface area contributed by atoms with Crippen LogP contribution in [0.1, 0.15) is 56.9 Å². The Bertz CT molecular complexity index is 356. The van der Waals surface area contributed by atoms with Crippen molar-refractivity contribution in [2.24, 2.45) is 11.8 Å². The lowest BCUT2D eigenvalue weighted by molar-refractivity contribution is 0.205. The Hall–Kier alpha value is -0.340. The number of hydrogen-bond donors (Lipinski definition) is 1. The molecule has 0 bridgehead atoms. The third kappa shape index (κ3) is 3.36. The van der Waals surface area contributed by atoms with Gasteiger partial charge in [0.1, 0.15) is 0 Å². The Morgan fingerprint density at radius 1 is 1.33 bits per heavy atom. The van der Waals surface area contributed by atoms with Crippen molar-refractivity contribution in [3.05, 3.63) is 21.9 Å². The molecule has 0 aliphatic heterocycles. The number of nitrogens with one attached hydrogen (secondary N) is 1. The second-order valence-corrected chi connectivity index (χ2v) is 6.90. The molecule has 0 radical (unpaired) electrons. The summed E-state index contributed by atoms with van der Waals surface area (Å²) in [7, 11) is 0. The molecule has 18 heavy (non-hydrogen) atoms. The van der Waals surface area contributed by atoms with Crippen molar-refractivity contribution in [1.29, 1.82) is 0 Å². The first-order chi connectivity index (χ1) is 8.72. The van der Waals surface area contributed by atoms with Gasteiger partial charge in [-0.1, -0.05) is 33.6 Å². The fourth-order valence-corrected chi connectivity index (χ4v) is 4.20. The molecule has 2 atom stereocenters. The zero-order valence-corrected chi connectivity index (χ0v) is 12.9. The molecule has 1 aromatic rings. The zero-order chi connectivity index (χ0) is 13.0. The Morgan fingerprint density at radius 3 is 2.83 bits per heavy atom. The van der Waals surface area contributed by atoms with E-state index in [1.807, 2.05) is 11.3 Å². The lowest BCUT2D eigenvalue weighted by Gasteiger charge is -2.35. The van der Waals surface area contributed by atoms with Crippen LogP contribution in [0.5, 0.6) is 0 Å². The first kappa shape index (κ1) is 14.1. The highest BCUT2D eigenvalue weighted by Crippen LogP contribution is 2.30. The fourth-order valence-electron chi connectivity index (χ4n) is 3.27. The summed E-state index contributed by atoms with van der Waals surface area (Å²) in [6, 6.07) is 3.02. The number of aryl methyl sites for hydroxylation is 1. The molecular weight excluding hydrogens is 238 g/mol. The van der Waals surface area contributed by atoms with Crippen molar-refractivity contribution in [3.8, 4) is 0 Å². The molecule has 0 spiro atoms. The molecule has 102 valence electrons. The summed E-state index contributed by atoms with van der Waals surface area (Å²) < 4.78 is 0. The summed E-state index contributed by atoms with van der Waals surface area (Å²) in [5.41, 5.74) is 1.53.